The summed E-state index contributed by atoms with van der Waals surface area (Å²) >= 11 is 3.42. The highest BCUT2D eigenvalue weighted by Gasteiger charge is 2.07. The zero-order valence-corrected chi connectivity index (χ0v) is 12.4. The minimum Gasteiger partial charge on any atom is -0.392 e. The van der Waals surface area contributed by atoms with Crippen LogP contribution in [0.2, 0.25) is 0 Å². The average Bonchev–Trinajstić information content (AvgIpc) is 2.28. The second kappa shape index (κ2) is 6.99. The Morgan fingerprint density at radius 3 is 2.47 bits per heavy atom. The number of rotatable bonds is 6. The van der Waals surface area contributed by atoms with Gasteiger partial charge in [0.2, 0.25) is 0 Å². The molecular formula is C13H21BrN2O. The first kappa shape index (κ1) is 14.5. The van der Waals surface area contributed by atoms with E-state index in [-0.39, 0.29) is 6.61 Å². The number of halogens is 1. The molecule has 0 radical (unpaired) electrons. The molecule has 0 bridgehead atoms. The SMILES string of the molecule is CN(C)CCCN(C)c1ccc(Br)cc1CO. The summed E-state index contributed by atoms with van der Waals surface area (Å²) in [5.74, 6) is 0. The van der Waals surface area contributed by atoms with Crippen LogP contribution in [0.3, 0.4) is 0 Å². The highest BCUT2D eigenvalue weighted by atomic mass is 79.9. The van der Waals surface area contributed by atoms with Gasteiger partial charge in [0.1, 0.15) is 0 Å². The normalized spacial score (nSPS) is 10.9. The van der Waals surface area contributed by atoms with Crippen LogP contribution in [-0.4, -0.2) is 44.2 Å². The lowest BCUT2D eigenvalue weighted by molar-refractivity contribution is 0.282. The molecule has 0 aliphatic rings. The van der Waals surface area contributed by atoms with Gasteiger partial charge in [-0.15, -0.1) is 0 Å². The van der Waals surface area contributed by atoms with E-state index in [2.05, 4.69) is 46.9 Å². The summed E-state index contributed by atoms with van der Waals surface area (Å²) in [7, 11) is 6.23. The van der Waals surface area contributed by atoms with Gasteiger partial charge in [-0.3, -0.25) is 0 Å². The monoisotopic (exact) mass is 300 g/mol. The zero-order chi connectivity index (χ0) is 12.8. The number of hydrogen-bond acceptors (Lipinski definition) is 3. The Bertz CT molecular complexity index is 355. The smallest absolute Gasteiger partial charge is 0.0702 e. The minimum atomic E-state index is 0.0762. The second-order valence-corrected chi connectivity index (χ2v) is 5.43. The third-order valence-corrected chi connectivity index (χ3v) is 3.22. The molecular weight excluding hydrogens is 280 g/mol. The first-order valence-electron chi connectivity index (χ1n) is 5.79. The van der Waals surface area contributed by atoms with Gasteiger partial charge in [0, 0.05) is 29.3 Å². The van der Waals surface area contributed by atoms with Gasteiger partial charge in [0.15, 0.2) is 0 Å². The fourth-order valence-corrected chi connectivity index (χ4v) is 2.21. The van der Waals surface area contributed by atoms with E-state index >= 15 is 0 Å². The number of hydrogen-bond donors (Lipinski definition) is 1. The maximum absolute atomic E-state index is 9.35. The van der Waals surface area contributed by atoms with Crippen LogP contribution in [0.15, 0.2) is 22.7 Å². The quantitative estimate of drug-likeness (QED) is 0.873. The lowest BCUT2D eigenvalue weighted by Gasteiger charge is -2.23. The van der Waals surface area contributed by atoms with Crippen molar-refractivity contribution in [1.29, 1.82) is 0 Å². The molecule has 0 unspecified atom stereocenters. The Labute approximate surface area is 112 Å². The fraction of sp³-hybridized carbons (Fsp3) is 0.538. The zero-order valence-electron chi connectivity index (χ0n) is 10.8. The van der Waals surface area contributed by atoms with Crippen molar-refractivity contribution in [3.63, 3.8) is 0 Å². The Morgan fingerprint density at radius 1 is 1.18 bits per heavy atom. The largest absolute Gasteiger partial charge is 0.392 e. The Hall–Kier alpha value is -0.580. The molecule has 0 aliphatic heterocycles. The molecule has 0 aliphatic carbocycles. The molecule has 0 spiro atoms. The fourth-order valence-electron chi connectivity index (χ4n) is 1.80. The van der Waals surface area contributed by atoms with Gasteiger partial charge in [0.05, 0.1) is 6.61 Å². The van der Waals surface area contributed by atoms with Gasteiger partial charge in [-0.1, -0.05) is 15.9 Å². The molecule has 0 aromatic heterocycles. The topological polar surface area (TPSA) is 26.7 Å². The minimum absolute atomic E-state index is 0.0762. The van der Waals surface area contributed by atoms with E-state index in [4.69, 9.17) is 0 Å². The maximum Gasteiger partial charge on any atom is 0.0702 e. The summed E-state index contributed by atoms with van der Waals surface area (Å²) < 4.78 is 1.01. The van der Waals surface area contributed by atoms with Crippen molar-refractivity contribution in [2.24, 2.45) is 0 Å². The van der Waals surface area contributed by atoms with Crippen molar-refractivity contribution in [3.8, 4) is 0 Å². The molecule has 1 rings (SSSR count). The molecule has 0 saturated carbocycles. The van der Waals surface area contributed by atoms with Gasteiger partial charge < -0.3 is 14.9 Å². The third-order valence-electron chi connectivity index (χ3n) is 2.72. The summed E-state index contributed by atoms with van der Waals surface area (Å²) in [4.78, 5) is 4.38. The summed E-state index contributed by atoms with van der Waals surface area (Å²) in [6.45, 7) is 2.15. The highest BCUT2D eigenvalue weighted by molar-refractivity contribution is 9.10. The molecule has 0 heterocycles. The standard InChI is InChI=1S/C13H21BrN2O/c1-15(2)7-4-8-16(3)13-6-5-12(14)9-11(13)10-17/h5-6,9,17H,4,7-8,10H2,1-3H3. The van der Waals surface area contributed by atoms with Crippen molar-refractivity contribution in [2.75, 3.05) is 39.1 Å². The molecule has 1 aromatic carbocycles. The van der Waals surface area contributed by atoms with Crippen LogP contribution in [0.5, 0.6) is 0 Å². The van der Waals surface area contributed by atoms with Gasteiger partial charge in [-0.05, 0) is 45.3 Å². The number of nitrogens with zero attached hydrogens (tertiary/aromatic N) is 2. The van der Waals surface area contributed by atoms with Crippen LogP contribution < -0.4 is 4.90 Å². The highest BCUT2D eigenvalue weighted by Crippen LogP contribution is 2.24. The Balaban J connectivity index is 2.64. The number of aliphatic hydroxyl groups excluding tert-OH is 1. The van der Waals surface area contributed by atoms with E-state index < -0.39 is 0 Å². The number of anilines is 1. The third kappa shape index (κ3) is 4.66. The van der Waals surface area contributed by atoms with Crippen LogP contribution in [0.25, 0.3) is 0 Å². The van der Waals surface area contributed by atoms with Crippen LogP contribution in [-0.2, 0) is 6.61 Å². The molecule has 1 aromatic rings. The van der Waals surface area contributed by atoms with E-state index in [9.17, 15) is 5.11 Å². The van der Waals surface area contributed by atoms with Gasteiger partial charge in [0.25, 0.3) is 0 Å². The van der Waals surface area contributed by atoms with Crippen molar-refractivity contribution in [2.45, 2.75) is 13.0 Å². The van der Waals surface area contributed by atoms with Crippen molar-refractivity contribution in [1.82, 2.24) is 4.90 Å². The number of benzene rings is 1. The van der Waals surface area contributed by atoms with Gasteiger partial charge in [-0.2, -0.15) is 0 Å². The molecule has 0 saturated heterocycles. The molecule has 0 atom stereocenters. The van der Waals surface area contributed by atoms with E-state index in [0.717, 1.165) is 35.2 Å². The van der Waals surface area contributed by atoms with Crippen molar-refractivity contribution < 1.29 is 5.11 Å². The van der Waals surface area contributed by atoms with Crippen LogP contribution >= 0.6 is 15.9 Å². The lowest BCUT2D eigenvalue weighted by Crippen LogP contribution is -2.24. The first-order valence-corrected chi connectivity index (χ1v) is 6.59. The van der Waals surface area contributed by atoms with E-state index in [1.165, 1.54) is 0 Å². The van der Waals surface area contributed by atoms with E-state index in [1.54, 1.807) is 0 Å². The van der Waals surface area contributed by atoms with Crippen molar-refractivity contribution >= 4 is 21.6 Å². The van der Waals surface area contributed by atoms with Gasteiger partial charge >= 0.3 is 0 Å². The van der Waals surface area contributed by atoms with Crippen LogP contribution in [0.4, 0.5) is 5.69 Å². The lowest BCUT2D eigenvalue weighted by atomic mass is 10.1. The molecule has 1 N–H and O–H groups in total. The predicted molar refractivity (Wildman–Crippen MR) is 76.5 cm³/mol. The van der Waals surface area contributed by atoms with E-state index in [0.29, 0.717) is 0 Å². The molecule has 96 valence electrons. The Kier molecular flexibility index (Phi) is 5.95. The predicted octanol–water partition coefficient (Wildman–Crippen LogP) is 2.33. The molecule has 0 amide bonds. The van der Waals surface area contributed by atoms with Crippen LogP contribution in [0.1, 0.15) is 12.0 Å². The van der Waals surface area contributed by atoms with E-state index in [1.807, 2.05) is 18.2 Å². The van der Waals surface area contributed by atoms with Crippen molar-refractivity contribution in [3.05, 3.63) is 28.2 Å². The molecule has 3 nitrogen and oxygen atoms in total. The Morgan fingerprint density at radius 2 is 1.88 bits per heavy atom. The maximum atomic E-state index is 9.35. The summed E-state index contributed by atoms with van der Waals surface area (Å²) in [6.07, 6.45) is 1.12. The first-order chi connectivity index (χ1) is 8.04. The molecule has 4 heteroatoms. The van der Waals surface area contributed by atoms with Crippen LogP contribution in [0, 0.1) is 0 Å². The van der Waals surface area contributed by atoms with Gasteiger partial charge in [-0.25, -0.2) is 0 Å². The summed E-state index contributed by atoms with van der Waals surface area (Å²) in [6, 6.07) is 6.03. The summed E-state index contributed by atoms with van der Waals surface area (Å²) in [5, 5.41) is 9.35. The summed E-state index contributed by atoms with van der Waals surface area (Å²) in [5.41, 5.74) is 2.07. The molecule has 0 fully saturated rings. The average molecular weight is 301 g/mol. The number of aliphatic hydroxyl groups is 1. The molecule has 17 heavy (non-hydrogen) atoms. The second-order valence-electron chi connectivity index (χ2n) is 4.51.